The van der Waals surface area contributed by atoms with Crippen LogP contribution >= 0.6 is 0 Å². The van der Waals surface area contributed by atoms with Gasteiger partial charge in [-0.2, -0.15) is 0 Å². The maximum Gasteiger partial charge on any atom is 0.119 e. The summed E-state index contributed by atoms with van der Waals surface area (Å²) in [7, 11) is 1.90. The Bertz CT molecular complexity index is 408. The highest BCUT2D eigenvalue weighted by Crippen LogP contribution is 2.14. The Kier molecular flexibility index (Phi) is 3.43. The van der Waals surface area contributed by atoms with Gasteiger partial charge in [-0.05, 0) is 24.3 Å². The highest BCUT2D eigenvalue weighted by atomic mass is 16.5. The second-order valence-corrected chi connectivity index (χ2v) is 3.42. The molecule has 0 radical (unpaired) electrons. The Hall–Kier alpha value is -1.97. The first-order valence-electron chi connectivity index (χ1n) is 5.25. The summed E-state index contributed by atoms with van der Waals surface area (Å²) in [5.74, 6) is 0.888. The second-order valence-electron chi connectivity index (χ2n) is 3.42. The summed E-state index contributed by atoms with van der Waals surface area (Å²) in [4.78, 5) is 3.97. The van der Waals surface area contributed by atoms with Crippen LogP contribution < -0.4 is 10.1 Å². The van der Waals surface area contributed by atoms with Crippen LogP contribution in [-0.2, 0) is 6.54 Å². The van der Waals surface area contributed by atoms with Crippen molar-refractivity contribution in [1.29, 1.82) is 0 Å². The van der Waals surface area contributed by atoms with E-state index in [-0.39, 0.29) is 0 Å². The third-order valence-electron chi connectivity index (χ3n) is 2.32. The minimum Gasteiger partial charge on any atom is -0.492 e. The monoisotopic (exact) mass is 217 g/mol. The number of ether oxygens (including phenoxy) is 1. The summed E-state index contributed by atoms with van der Waals surface area (Å²) >= 11 is 0. The van der Waals surface area contributed by atoms with Crippen molar-refractivity contribution in [1.82, 2.24) is 9.55 Å². The molecule has 1 heterocycles. The van der Waals surface area contributed by atoms with E-state index < -0.39 is 0 Å². The number of anilines is 1. The molecule has 0 aliphatic heterocycles. The highest BCUT2D eigenvalue weighted by molar-refractivity contribution is 5.45. The average Bonchev–Trinajstić information content (AvgIpc) is 2.83. The summed E-state index contributed by atoms with van der Waals surface area (Å²) in [5, 5.41) is 3.06. The molecule has 84 valence electrons. The van der Waals surface area contributed by atoms with Crippen LogP contribution in [0.15, 0.2) is 43.0 Å². The average molecular weight is 217 g/mol. The molecular weight excluding hydrogens is 202 g/mol. The van der Waals surface area contributed by atoms with E-state index in [0.717, 1.165) is 18.0 Å². The molecule has 0 amide bonds. The fourth-order valence-electron chi connectivity index (χ4n) is 1.41. The summed E-state index contributed by atoms with van der Waals surface area (Å²) in [6, 6.07) is 7.90. The maximum atomic E-state index is 5.60. The van der Waals surface area contributed by atoms with E-state index in [1.54, 1.807) is 12.5 Å². The van der Waals surface area contributed by atoms with E-state index in [1.807, 2.05) is 42.1 Å². The lowest BCUT2D eigenvalue weighted by molar-refractivity contribution is 0.298. The van der Waals surface area contributed by atoms with Crippen molar-refractivity contribution in [2.75, 3.05) is 19.0 Å². The van der Waals surface area contributed by atoms with Gasteiger partial charge < -0.3 is 14.6 Å². The first-order chi connectivity index (χ1) is 7.88. The van der Waals surface area contributed by atoms with Crippen LogP contribution in [0, 0.1) is 0 Å². The van der Waals surface area contributed by atoms with Gasteiger partial charge in [0.15, 0.2) is 0 Å². The number of benzene rings is 1. The lowest BCUT2D eigenvalue weighted by atomic mass is 10.3. The van der Waals surface area contributed by atoms with Crippen molar-refractivity contribution in [2.45, 2.75) is 6.54 Å². The standard InChI is InChI=1S/C12H15N3O/c1-13-11-2-4-12(5-3-11)16-9-8-15-7-6-14-10-15/h2-7,10,13H,8-9H2,1H3. The van der Waals surface area contributed by atoms with Crippen LogP contribution in [-0.4, -0.2) is 23.2 Å². The van der Waals surface area contributed by atoms with Gasteiger partial charge in [-0.1, -0.05) is 0 Å². The van der Waals surface area contributed by atoms with Gasteiger partial charge in [0.2, 0.25) is 0 Å². The van der Waals surface area contributed by atoms with Gasteiger partial charge in [0.05, 0.1) is 12.9 Å². The first-order valence-corrected chi connectivity index (χ1v) is 5.25. The van der Waals surface area contributed by atoms with Gasteiger partial charge in [0, 0.05) is 25.1 Å². The minimum absolute atomic E-state index is 0.648. The molecule has 0 aliphatic carbocycles. The SMILES string of the molecule is CNc1ccc(OCCn2ccnc2)cc1. The van der Waals surface area contributed by atoms with E-state index >= 15 is 0 Å². The zero-order valence-electron chi connectivity index (χ0n) is 9.26. The normalized spacial score (nSPS) is 10.1. The summed E-state index contributed by atoms with van der Waals surface area (Å²) in [5.41, 5.74) is 1.09. The predicted molar refractivity (Wildman–Crippen MR) is 63.7 cm³/mol. The van der Waals surface area contributed by atoms with Gasteiger partial charge in [-0.3, -0.25) is 0 Å². The molecule has 0 saturated heterocycles. The summed E-state index contributed by atoms with van der Waals surface area (Å²) < 4.78 is 7.59. The number of hydrogen-bond donors (Lipinski definition) is 1. The number of nitrogens with zero attached hydrogens (tertiary/aromatic N) is 2. The molecule has 1 aromatic carbocycles. The molecule has 1 aromatic heterocycles. The number of hydrogen-bond acceptors (Lipinski definition) is 3. The summed E-state index contributed by atoms with van der Waals surface area (Å²) in [6.45, 7) is 1.46. The maximum absolute atomic E-state index is 5.60. The topological polar surface area (TPSA) is 39.1 Å². The summed E-state index contributed by atoms with van der Waals surface area (Å²) in [6.07, 6.45) is 5.47. The molecule has 0 atom stereocenters. The van der Waals surface area contributed by atoms with Crippen LogP contribution in [0.4, 0.5) is 5.69 Å². The van der Waals surface area contributed by atoms with E-state index in [1.165, 1.54) is 0 Å². The second kappa shape index (κ2) is 5.21. The fourth-order valence-corrected chi connectivity index (χ4v) is 1.41. The van der Waals surface area contributed by atoms with E-state index in [9.17, 15) is 0 Å². The van der Waals surface area contributed by atoms with Crippen LogP contribution in [0.5, 0.6) is 5.75 Å². The molecule has 2 aromatic rings. The van der Waals surface area contributed by atoms with Gasteiger partial charge in [0.1, 0.15) is 12.4 Å². The molecule has 4 heteroatoms. The predicted octanol–water partition coefficient (Wildman–Crippen LogP) is 2.00. The zero-order valence-corrected chi connectivity index (χ0v) is 9.26. The van der Waals surface area contributed by atoms with Crippen LogP contribution in [0.3, 0.4) is 0 Å². The third kappa shape index (κ3) is 2.76. The van der Waals surface area contributed by atoms with Crippen molar-refractivity contribution in [3.05, 3.63) is 43.0 Å². The molecule has 0 aliphatic rings. The molecule has 0 fully saturated rings. The molecule has 0 unspecified atom stereocenters. The van der Waals surface area contributed by atoms with Gasteiger partial charge in [0.25, 0.3) is 0 Å². The quantitative estimate of drug-likeness (QED) is 0.832. The number of imidazole rings is 1. The van der Waals surface area contributed by atoms with Crippen LogP contribution in [0.2, 0.25) is 0 Å². The van der Waals surface area contributed by atoms with E-state index in [0.29, 0.717) is 6.61 Å². The smallest absolute Gasteiger partial charge is 0.119 e. The van der Waals surface area contributed by atoms with E-state index in [4.69, 9.17) is 4.74 Å². The number of nitrogens with one attached hydrogen (secondary N) is 1. The number of aromatic nitrogens is 2. The van der Waals surface area contributed by atoms with Crippen molar-refractivity contribution < 1.29 is 4.74 Å². The van der Waals surface area contributed by atoms with Crippen molar-refractivity contribution in [2.24, 2.45) is 0 Å². The Morgan fingerprint density at radius 2 is 2.12 bits per heavy atom. The van der Waals surface area contributed by atoms with Gasteiger partial charge in [-0.15, -0.1) is 0 Å². The zero-order chi connectivity index (χ0) is 11.2. The molecule has 0 spiro atoms. The van der Waals surface area contributed by atoms with Crippen LogP contribution in [0.25, 0.3) is 0 Å². The Balaban J connectivity index is 1.81. The van der Waals surface area contributed by atoms with Crippen molar-refractivity contribution >= 4 is 5.69 Å². The molecule has 2 rings (SSSR count). The Morgan fingerprint density at radius 3 is 2.75 bits per heavy atom. The fraction of sp³-hybridized carbons (Fsp3) is 0.250. The highest BCUT2D eigenvalue weighted by Gasteiger charge is 1.94. The third-order valence-corrected chi connectivity index (χ3v) is 2.32. The van der Waals surface area contributed by atoms with Crippen molar-refractivity contribution in [3.8, 4) is 5.75 Å². The minimum atomic E-state index is 0.648. The van der Waals surface area contributed by atoms with Crippen LogP contribution in [0.1, 0.15) is 0 Å². The molecule has 1 N–H and O–H groups in total. The van der Waals surface area contributed by atoms with Crippen molar-refractivity contribution in [3.63, 3.8) is 0 Å². The number of rotatable bonds is 5. The Morgan fingerprint density at radius 1 is 1.31 bits per heavy atom. The van der Waals surface area contributed by atoms with E-state index in [2.05, 4.69) is 10.3 Å². The lowest BCUT2D eigenvalue weighted by Gasteiger charge is -2.07. The molecule has 4 nitrogen and oxygen atoms in total. The van der Waals surface area contributed by atoms with Gasteiger partial charge >= 0.3 is 0 Å². The lowest BCUT2D eigenvalue weighted by Crippen LogP contribution is -2.06. The molecule has 16 heavy (non-hydrogen) atoms. The largest absolute Gasteiger partial charge is 0.492 e. The first kappa shape index (κ1) is 10.5. The molecule has 0 bridgehead atoms. The Labute approximate surface area is 94.9 Å². The molecular formula is C12H15N3O. The molecule has 0 saturated carbocycles. The van der Waals surface area contributed by atoms with Gasteiger partial charge in [-0.25, -0.2) is 4.98 Å².